The van der Waals surface area contributed by atoms with Crippen LogP contribution in [-0.2, 0) is 14.3 Å². The van der Waals surface area contributed by atoms with Crippen LogP contribution in [0.5, 0.6) is 0 Å². The zero-order chi connectivity index (χ0) is 17.4. The molecule has 0 radical (unpaired) electrons. The largest absolute Gasteiger partial charge is 0.383 e. The Kier molecular flexibility index (Phi) is 7.90. The van der Waals surface area contributed by atoms with Gasteiger partial charge in [0.1, 0.15) is 16.2 Å². The number of hydrogen-bond donors (Lipinski definition) is 0. The number of thioether (sulfide) groups is 1. The van der Waals surface area contributed by atoms with Gasteiger partial charge in [-0.25, -0.2) is 9.97 Å². The van der Waals surface area contributed by atoms with E-state index in [0.29, 0.717) is 38.5 Å². The second-order valence-corrected chi connectivity index (χ2v) is 7.54. The summed E-state index contributed by atoms with van der Waals surface area (Å²) in [6.07, 6.45) is 2.05. The minimum atomic E-state index is 0.114. The van der Waals surface area contributed by atoms with Gasteiger partial charge in [0.15, 0.2) is 0 Å². The Morgan fingerprint density at radius 1 is 1.25 bits per heavy atom. The van der Waals surface area contributed by atoms with E-state index in [1.54, 1.807) is 48.5 Å². The molecule has 2 aromatic heterocycles. The van der Waals surface area contributed by atoms with E-state index in [-0.39, 0.29) is 5.91 Å². The van der Waals surface area contributed by atoms with Gasteiger partial charge in [-0.05, 0) is 13.0 Å². The van der Waals surface area contributed by atoms with Crippen molar-refractivity contribution in [3.8, 4) is 0 Å². The van der Waals surface area contributed by atoms with Crippen LogP contribution in [0.2, 0.25) is 0 Å². The fourth-order valence-corrected chi connectivity index (χ4v) is 4.04. The molecule has 0 saturated carbocycles. The third-order valence-electron chi connectivity index (χ3n) is 3.45. The molecule has 0 aliphatic heterocycles. The molecule has 6 nitrogen and oxygen atoms in total. The van der Waals surface area contributed by atoms with Crippen LogP contribution in [0.25, 0.3) is 10.2 Å². The average Bonchev–Trinajstić information content (AvgIpc) is 2.96. The van der Waals surface area contributed by atoms with Crippen LogP contribution >= 0.6 is 23.1 Å². The van der Waals surface area contributed by atoms with Crippen LogP contribution in [0.15, 0.2) is 17.4 Å². The van der Waals surface area contributed by atoms with Crippen molar-refractivity contribution in [3.63, 3.8) is 0 Å². The van der Waals surface area contributed by atoms with Crippen molar-refractivity contribution in [3.05, 3.63) is 17.3 Å². The van der Waals surface area contributed by atoms with Crippen LogP contribution < -0.4 is 0 Å². The van der Waals surface area contributed by atoms with Gasteiger partial charge in [0.05, 0.1) is 13.2 Å². The first kappa shape index (κ1) is 19.1. The molecule has 0 atom stereocenters. The van der Waals surface area contributed by atoms with Crippen LogP contribution in [0, 0.1) is 6.92 Å². The summed E-state index contributed by atoms with van der Waals surface area (Å²) in [5, 5.41) is 2.02. The number of carbonyl (C=O) groups is 1. The molecular weight excluding hydrogens is 346 g/mol. The standard InChI is InChI=1S/C16H23N3O3S2/c1-12-10-13-15(17-11-18-16(13)24-12)23-9-4-14(20)19(5-7-21-2)6-8-22-3/h10-11H,4-9H2,1-3H3. The Morgan fingerprint density at radius 3 is 2.62 bits per heavy atom. The highest BCUT2D eigenvalue weighted by Gasteiger charge is 2.14. The molecule has 0 spiro atoms. The molecule has 2 aromatic rings. The fourth-order valence-electron chi connectivity index (χ4n) is 2.23. The van der Waals surface area contributed by atoms with Gasteiger partial charge in [0, 0.05) is 49.7 Å². The molecule has 0 unspecified atom stereocenters. The number of amides is 1. The smallest absolute Gasteiger partial charge is 0.223 e. The number of nitrogens with zero attached hydrogens (tertiary/aromatic N) is 3. The fraction of sp³-hybridized carbons (Fsp3) is 0.562. The number of aryl methyl sites for hydroxylation is 1. The molecule has 8 heteroatoms. The molecule has 2 heterocycles. The van der Waals surface area contributed by atoms with Crippen molar-refractivity contribution >= 4 is 39.2 Å². The third kappa shape index (κ3) is 5.41. The number of aromatic nitrogens is 2. The van der Waals surface area contributed by atoms with Gasteiger partial charge in [-0.3, -0.25) is 4.79 Å². The minimum absolute atomic E-state index is 0.114. The average molecular weight is 370 g/mol. The number of rotatable bonds is 10. The number of ether oxygens (including phenoxy) is 2. The maximum atomic E-state index is 12.4. The Hall–Kier alpha value is -1.22. The van der Waals surface area contributed by atoms with Gasteiger partial charge in [0.25, 0.3) is 0 Å². The summed E-state index contributed by atoms with van der Waals surface area (Å²) in [6, 6.07) is 2.10. The van der Waals surface area contributed by atoms with Crippen molar-refractivity contribution in [2.75, 3.05) is 46.3 Å². The first-order chi connectivity index (χ1) is 11.7. The highest BCUT2D eigenvalue weighted by molar-refractivity contribution is 7.99. The monoisotopic (exact) mass is 369 g/mol. The highest BCUT2D eigenvalue weighted by Crippen LogP contribution is 2.30. The summed E-state index contributed by atoms with van der Waals surface area (Å²) in [6.45, 7) is 4.30. The predicted octanol–water partition coefficient (Wildman–Crippen LogP) is 2.60. The number of fused-ring (bicyclic) bond motifs is 1. The maximum absolute atomic E-state index is 12.4. The molecular formula is C16H23N3O3S2. The molecule has 0 saturated heterocycles. The SMILES string of the molecule is COCCN(CCOC)C(=O)CCSc1ncnc2sc(C)cc12. The van der Waals surface area contributed by atoms with E-state index in [4.69, 9.17) is 9.47 Å². The van der Waals surface area contributed by atoms with E-state index in [1.165, 1.54) is 4.88 Å². The van der Waals surface area contributed by atoms with Crippen LogP contribution in [0.3, 0.4) is 0 Å². The first-order valence-corrected chi connectivity index (χ1v) is 9.55. The number of methoxy groups -OCH3 is 2. The number of carbonyl (C=O) groups excluding carboxylic acids is 1. The number of thiophene rings is 1. The van der Waals surface area contributed by atoms with Gasteiger partial charge in [-0.1, -0.05) is 0 Å². The summed E-state index contributed by atoms with van der Waals surface area (Å²) in [7, 11) is 3.27. The summed E-state index contributed by atoms with van der Waals surface area (Å²) in [5.41, 5.74) is 0. The van der Waals surface area contributed by atoms with Crippen molar-refractivity contribution in [2.24, 2.45) is 0 Å². The van der Waals surface area contributed by atoms with Gasteiger partial charge in [-0.2, -0.15) is 0 Å². The van der Waals surface area contributed by atoms with Crippen LogP contribution in [-0.4, -0.2) is 67.1 Å². The summed E-state index contributed by atoms with van der Waals surface area (Å²) >= 11 is 3.26. The van der Waals surface area contributed by atoms with Gasteiger partial charge in [0.2, 0.25) is 5.91 Å². The van der Waals surface area contributed by atoms with Crippen molar-refractivity contribution in [2.45, 2.75) is 18.4 Å². The lowest BCUT2D eigenvalue weighted by atomic mass is 10.3. The Labute approximate surface area is 150 Å². The van der Waals surface area contributed by atoms with Crippen LogP contribution in [0.1, 0.15) is 11.3 Å². The second-order valence-electron chi connectivity index (χ2n) is 5.22. The lowest BCUT2D eigenvalue weighted by Crippen LogP contribution is -2.36. The lowest BCUT2D eigenvalue weighted by Gasteiger charge is -2.22. The van der Waals surface area contributed by atoms with Crippen molar-refractivity contribution < 1.29 is 14.3 Å². The van der Waals surface area contributed by atoms with E-state index in [0.717, 1.165) is 15.2 Å². The van der Waals surface area contributed by atoms with Gasteiger partial charge in [-0.15, -0.1) is 23.1 Å². The van der Waals surface area contributed by atoms with E-state index in [9.17, 15) is 4.79 Å². The lowest BCUT2D eigenvalue weighted by molar-refractivity contribution is -0.132. The zero-order valence-electron chi connectivity index (χ0n) is 14.3. The molecule has 0 N–H and O–H groups in total. The summed E-state index contributed by atoms with van der Waals surface area (Å²) < 4.78 is 10.1. The molecule has 0 aliphatic carbocycles. The highest BCUT2D eigenvalue weighted by atomic mass is 32.2. The minimum Gasteiger partial charge on any atom is -0.383 e. The van der Waals surface area contributed by atoms with Crippen molar-refractivity contribution in [1.82, 2.24) is 14.9 Å². The first-order valence-electron chi connectivity index (χ1n) is 7.75. The van der Waals surface area contributed by atoms with Crippen molar-refractivity contribution in [1.29, 1.82) is 0 Å². The molecule has 132 valence electrons. The quantitative estimate of drug-likeness (QED) is 0.474. The summed E-state index contributed by atoms with van der Waals surface area (Å²) in [4.78, 5) is 25.0. The topological polar surface area (TPSA) is 64.6 Å². The van der Waals surface area contributed by atoms with Gasteiger partial charge >= 0.3 is 0 Å². The molecule has 0 aromatic carbocycles. The summed E-state index contributed by atoms with van der Waals surface area (Å²) in [5.74, 6) is 0.805. The van der Waals surface area contributed by atoms with Gasteiger partial charge < -0.3 is 14.4 Å². The zero-order valence-corrected chi connectivity index (χ0v) is 15.9. The van der Waals surface area contributed by atoms with E-state index in [1.807, 2.05) is 0 Å². The number of hydrogen-bond acceptors (Lipinski definition) is 7. The third-order valence-corrected chi connectivity index (χ3v) is 5.42. The Morgan fingerprint density at radius 2 is 1.96 bits per heavy atom. The molecule has 24 heavy (non-hydrogen) atoms. The van der Waals surface area contributed by atoms with E-state index >= 15 is 0 Å². The molecule has 0 aliphatic rings. The second kappa shape index (κ2) is 9.93. The normalized spacial score (nSPS) is 11.1. The Bertz CT molecular complexity index is 655. The predicted molar refractivity (Wildman–Crippen MR) is 97.8 cm³/mol. The molecule has 0 fully saturated rings. The van der Waals surface area contributed by atoms with E-state index in [2.05, 4.69) is 23.0 Å². The molecule has 2 rings (SSSR count). The van der Waals surface area contributed by atoms with Crippen LogP contribution in [0.4, 0.5) is 0 Å². The molecule has 0 bridgehead atoms. The maximum Gasteiger partial charge on any atom is 0.223 e. The Balaban J connectivity index is 1.89. The van der Waals surface area contributed by atoms with E-state index < -0.39 is 0 Å². The molecule has 1 amide bonds.